The molecule has 0 radical (unpaired) electrons. The van der Waals surface area contributed by atoms with Crippen LogP contribution < -0.4 is 14.8 Å². The molecule has 1 atom stereocenters. The number of amides is 1. The first-order valence-corrected chi connectivity index (χ1v) is 8.71. The molecule has 0 saturated carbocycles. The molecule has 7 nitrogen and oxygen atoms in total. The van der Waals surface area contributed by atoms with Crippen LogP contribution in [0.2, 0.25) is 0 Å². The molecule has 0 aliphatic carbocycles. The molecule has 1 fully saturated rings. The van der Waals surface area contributed by atoms with Crippen molar-refractivity contribution in [1.82, 2.24) is 15.2 Å². The molecule has 0 spiro atoms. The summed E-state index contributed by atoms with van der Waals surface area (Å²) >= 11 is 0. The summed E-state index contributed by atoms with van der Waals surface area (Å²) in [5.41, 5.74) is 1.64. The average Bonchev–Trinajstić information content (AvgIpc) is 3.17. The molecule has 26 heavy (non-hydrogen) atoms. The van der Waals surface area contributed by atoms with Crippen LogP contribution >= 0.6 is 0 Å². The van der Waals surface area contributed by atoms with E-state index in [0.29, 0.717) is 36.8 Å². The van der Waals surface area contributed by atoms with Gasteiger partial charge in [-0.1, -0.05) is 6.07 Å². The first-order valence-electron chi connectivity index (χ1n) is 8.71. The van der Waals surface area contributed by atoms with Crippen molar-refractivity contribution < 1.29 is 19.0 Å². The summed E-state index contributed by atoms with van der Waals surface area (Å²) in [5, 5.41) is 3.04. The molecular weight excluding hydrogens is 334 g/mol. The molecule has 136 valence electrons. The quantitative estimate of drug-likeness (QED) is 0.879. The number of hydrogen-bond acceptors (Lipinski definition) is 6. The molecule has 2 aliphatic heterocycles. The highest BCUT2D eigenvalue weighted by Crippen LogP contribution is 2.32. The minimum absolute atomic E-state index is 0.0607. The Morgan fingerprint density at radius 2 is 2.04 bits per heavy atom. The minimum atomic E-state index is -0.134. The van der Waals surface area contributed by atoms with Crippen molar-refractivity contribution in [3.05, 3.63) is 53.9 Å². The third-order valence-electron chi connectivity index (χ3n) is 4.65. The van der Waals surface area contributed by atoms with Crippen LogP contribution in [0, 0.1) is 0 Å². The first kappa shape index (κ1) is 16.8. The van der Waals surface area contributed by atoms with Crippen molar-refractivity contribution in [1.29, 1.82) is 0 Å². The molecule has 0 bridgehead atoms. The standard InChI is InChI=1S/C19H21N3O4/c23-19(14-3-4-17-18(10-14)26-13-25-17)21-12-16(15-2-1-5-20-11-15)22-6-8-24-9-7-22/h1-5,10-11,16H,6-9,12-13H2,(H,21,23)/t16-/m1/s1. The van der Waals surface area contributed by atoms with Gasteiger partial charge in [0.15, 0.2) is 11.5 Å². The molecule has 0 unspecified atom stereocenters. The third-order valence-corrected chi connectivity index (χ3v) is 4.65. The second kappa shape index (κ2) is 7.72. The Hall–Kier alpha value is -2.64. The number of carbonyl (C=O) groups excluding carboxylic acids is 1. The van der Waals surface area contributed by atoms with Crippen LogP contribution in [0.3, 0.4) is 0 Å². The zero-order valence-electron chi connectivity index (χ0n) is 14.4. The molecule has 1 amide bonds. The van der Waals surface area contributed by atoms with E-state index in [9.17, 15) is 4.79 Å². The van der Waals surface area contributed by atoms with Gasteiger partial charge in [0.05, 0.1) is 19.3 Å². The summed E-state index contributed by atoms with van der Waals surface area (Å²) in [7, 11) is 0. The number of aromatic nitrogens is 1. The molecule has 4 rings (SSSR count). The lowest BCUT2D eigenvalue weighted by Gasteiger charge is -2.34. The number of carbonyl (C=O) groups is 1. The van der Waals surface area contributed by atoms with Gasteiger partial charge < -0.3 is 19.5 Å². The fourth-order valence-corrected chi connectivity index (χ4v) is 3.25. The minimum Gasteiger partial charge on any atom is -0.454 e. The number of hydrogen-bond donors (Lipinski definition) is 1. The molecule has 1 aromatic heterocycles. The fourth-order valence-electron chi connectivity index (χ4n) is 3.25. The monoisotopic (exact) mass is 355 g/mol. The smallest absolute Gasteiger partial charge is 0.251 e. The maximum atomic E-state index is 12.6. The highest BCUT2D eigenvalue weighted by atomic mass is 16.7. The van der Waals surface area contributed by atoms with Crippen LogP contribution in [-0.2, 0) is 4.74 Å². The summed E-state index contributed by atoms with van der Waals surface area (Å²) in [6.07, 6.45) is 3.61. The summed E-state index contributed by atoms with van der Waals surface area (Å²) < 4.78 is 16.1. The van der Waals surface area contributed by atoms with Crippen LogP contribution in [0.1, 0.15) is 22.0 Å². The van der Waals surface area contributed by atoms with Gasteiger partial charge >= 0.3 is 0 Å². The van der Waals surface area contributed by atoms with E-state index in [0.717, 1.165) is 18.7 Å². The molecule has 2 aliphatic rings. The average molecular weight is 355 g/mol. The SMILES string of the molecule is O=C(NC[C@H](c1cccnc1)N1CCOCC1)c1ccc2c(c1)OCO2. The van der Waals surface area contributed by atoms with E-state index < -0.39 is 0 Å². The van der Waals surface area contributed by atoms with Gasteiger partial charge in [-0.15, -0.1) is 0 Å². The lowest BCUT2D eigenvalue weighted by Crippen LogP contribution is -2.43. The molecule has 1 aromatic carbocycles. The van der Waals surface area contributed by atoms with Crippen LogP contribution in [0.25, 0.3) is 0 Å². The predicted molar refractivity (Wildman–Crippen MR) is 94.3 cm³/mol. The maximum Gasteiger partial charge on any atom is 0.251 e. The normalized spacial score (nSPS) is 17.7. The van der Waals surface area contributed by atoms with Gasteiger partial charge in [0, 0.05) is 37.6 Å². The second-order valence-corrected chi connectivity index (χ2v) is 6.23. The van der Waals surface area contributed by atoms with Gasteiger partial charge in [-0.3, -0.25) is 14.7 Å². The third kappa shape index (κ3) is 3.63. The van der Waals surface area contributed by atoms with E-state index in [1.165, 1.54) is 0 Å². The predicted octanol–water partition coefficient (Wildman–Crippen LogP) is 1.61. The van der Waals surface area contributed by atoms with E-state index >= 15 is 0 Å². The van der Waals surface area contributed by atoms with Crippen LogP contribution in [0.5, 0.6) is 11.5 Å². The lowest BCUT2D eigenvalue weighted by atomic mass is 10.1. The largest absolute Gasteiger partial charge is 0.454 e. The van der Waals surface area contributed by atoms with E-state index in [-0.39, 0.29) is 18.7 Å². The van der Waals surface area contributed by atoms with Gasteiger partial charge in [0.25, 0.3) is 5.91 Å². The van der Waals surface area contributed by atoms with E-state index in [4.69, 9.17) is 14.2 Å². The Labute approximate surface area is 151 Å². The molecule has 1 N–H and O–H groups in total. The van der Waals surface area contributed by atoms with Crippen molar-refractivity contribution in [2.24, 2.45) is 0 Å². The molecule has 1 saturated heterocycles. The highest BCUT2D eigenvalue weighted by Gasteiger charge is 2.24. The summed E-state index contributed by atoms with van der Waals surface area (Å²) in [5.74, 6) is 1.14. The molecule has 7 heteroatoms. The van der Waals surface area contributed by atoms with Crippen molar-refractivity contribution in [2.45, 2.75) is 6.04 Å². The van der Waals surface area contributed by atoms with Crippen molar-refractivity contribution in [3.63, 3.8) is 0 Å². The summed E-state index contributed by atoms with van der Waals surface area (Å²) in [6.45, 7) is 3.76. The van der Waals surface area contributed by atoms with E-state index in [1.54, 1.807) is 24.4 Å². The Bertz CT molecular complexity index is 763. The Balaban J connectivity index is 1.46. The Kier molecular flexibility index (Phi) is 4.99. The zero-order valence-corrected chi connectivity index (χ0v) is 14.4. The zero-order chi connectivity index (χ0) is 17.8. The van der Waals surface area contributed by atoms with Crippen LogP contribution in [0.4, 0.5) is 0 Å². The van der Waals surface area contributed by atoms with Gasteiger partial charge in [0.2, 0.25) is 6.79 Å². The van der Waals surface area contributed by atoms with Gasteiger partial charge in [-0.2, -0.15) is 0 Å². The number of nitrogens with zero attached hydrogens (tertiary/aromatic N) is 2. The molecular formula is C19H21N3O4. The van der Waals surface area contributed by atoms with Crippen molar-refractivity contribution >= 4 is 5.91 Å². The number of rotatable bonds is 5. The molecule has 3 heterocycles. The van der Waals surface area contributed by atoms with Gasteiger partial charge in [0.1, 0.15) is 0 Å². The Morgan fingerprint density at radius 1 is 1.19 bits per heavy atom. The number of fused-ring (bicyclic) bond motifs is 1. The summed E-state index contributed by atoms with van der Waals surface area (Å²) in [4.78, 5) is 19.1. The highest BCUT2D eigenvalue weighted by molar-refractivity contribution is 5.94. The van der Waals surface area contributed by atoms with Gasteiger partial charge in [-0.05, 0) is 29.8 Å². The maximum absolute atomic E-state index is 12.6. The first-order chi connectivity index (χ1) is 12.8. The van der Waals surface area contributed by atoms with Crippen LogP contribution in [0.15, 0.2) is 42.7 Å². The Morgan fingerprint density at radius 3 is 2.85 bits per heavy atom. The number of ether oxygens (including phenoxy) is 3. The number of morpholine rings is 1. The van der Waals surface area contributed by atoms with E-state index in [2.05, 4.69) is 15.2 Å². The lowest BCUT2D eigenvalue weighted by molar-refractivity contribution is 0.0161. The fraction of sp³-hybridized carbons (Fsp3) is 0.368. The molecule has 2 aromatic rings. The number of benzene rings is 1. The number of pyridine rings is 1. The van der Waals surface area contributed by atoms with Crippen molar-refractivity contribution in [2.75, 3.05) is 39.6 Å². The van der Waals surface area contributed by atoms with Gasteiger partial charge in [-0.25, -0.2) is 0 Å². The van der Waals surface area contributed by atoms with Crippen molar-refractivity contribution in [3.8, 4) is 11.5 Å². The topological polar surface area (TPSA) is 72.9 Å². The second-order valence-electron chi connectivity index (χ2n) is 6.23. The summed E-state index contributed by atoms with van der Waals surface area (Å²) in [6, 6.07) is 9.24. The van der Waals surface area contributed by atoms with Crippen LogP contribution in [-0.4, -0.2) is 55.4 Å². The number of nitrogens with one attached hydrogen (secondary N) is 1. The van der Waals surface area contributed by atoms with E-state index in [1.807, 2.05) is 18.3 Å².